The standard InChI is InChI=1S/C14H26N4O/c1-11(2)17-13(19)6-8-18-9-7-15-12(18)10-16-14(3,4)5/h7,9,11,16H,6,8,10H2,1-5H3,(H,17,19). The Morgan fingerprint density at radius 1 is 1.42 bits per heavy atom. The molecule has 108 valence electrons. The molecule has 1 rings (SSSR count). The van der Waals surface area contributed by atoms with Crippen molar-refractivity contribution in [2.24, 2.45) is 0 Å². The van der Waals surface area contributed by atoms with Gasteiger partial charge in [0.1, 0.15) is 5.82 Å². The highest BCUT2D eigenvalue weighted by Gasteiger charge is 2.11. The second-order valence-electron chi connectivity index (χ2n) is 6.11. The summed E-state index contributed by atoms with van der Waals surface area (Å²) in [6.07, 6.45) is 4.18. The lowest BCUT2D eigenvalue weighted by molar-refractivity contribution is -0.121. The maximum atomic E-state index is 11.6. The Balaban J connectivity index is 2.47. The van der Waals surface area contributed by atoms with Crippen LogP contribution in [0.25, 0.3) is 0 Å². The topological polar surface area (TPSA) is 59.0 Å². The minimum atomic E-state index is 0.0613. The van der Waals surface area contributed by atoms with Gasteiger partial charge < -0.3 is 15.2 Å². The predicted octanol–water partition coefficient (Wildman–Crippen LogP) is 1.69. The van der Waals surface area contributed by atoms with Gasteiger partial charge >= 0.3 is 0 Å². The number of nitrogens with zero attached hydrogens (tertiary/aromatic N) is 2. The Kier molecular flexibility index (Phi) is 5.54. The van der Waals surface area contributed by atoms with Crippen molar-refractivity contribution in [3.8, 4) is 0 Å². The first-order valence-corrected chi connectivity index (χ1v) is 6.82. The van der Waals surface area contributed by atoms with E-state index in [1.807, 2.05) is 24.6 Å². The van der Waals surface area contributed by atoms with Crippen molar-refractivity contribution in [2.75, 3.05) is 0 Å². The molecule has 0 saturated heterocycles. The summed E-state index contributed by atoms with van der Waals surface area (Å²) in [4.78, 5) is 15.9. The van der Waals surface area contributed by atoms with Crippen molar-refractivity contribution in [3.05, 3.63) is 18.2 Å². The van der Waals surface area contributed by atoms with Crippen molar-refractivity contribution < 1.29 is 4.79 Å². The molecule has 0 aliphatic heterocycles. The zero-order valence-corrected chi connectivity index (χ0v) is 12.7. The largest absolute Gasteiger partial charge is 0.354 e. The number of nitrogens with one attached hydrogen (secondary N) is 2. The highest BCUT2D eigenvalue weighted by atomic mass is 16.1. The van der Waals surface area contributed by atoms with E-state index in [1.54, 1.807) is 6.20 Å². The number of carbonyl (C=O) groups is 1. The first-order valence-electron chi connectivity index (χ1n) is 6.82. The van der Waals surface area contributed by atoms with E-state index >= 15 is 0 Å². The van der Waals surface area contributed by atoms with Gasteiger partial charge in [0.2, 0.25) is 5.91 Å². The van der Waals surface area contributed by atoms with Gasteiger partial charge in [-0.1, -0.05) is 0 Å². The minimum absolute atomic E-state index is 0.0613. The van der Waals surface area contributed by atoms with Crippen LogP contribution in [0.2, 0.25) is 0 Å². The van der Waals surface area contributed by atoms with Gasteiger partial charge in [-0.15, -0.1) is 0 Å². The minimum Gasteiger partial charge on any atom is -0.354 e. The lowest BCUT2D eigenvalue weighted by atomic mass is 10.1. The molecule has 0 aromatic carbocycles. The number of aromatic nitrogens is 2. The second kappa shape index (κ2) is 6.70. The molecule has 0 unspecified atom stereocenters. The quantitative estimate of drug-likeness (QED) is 0.823. The third kappa shape index (κ3) is 6.38. The van der Waals surface area contributed by atoms with E-state index < -0.39 is 0 Å². The van der Waals surface area contributed by atoms with E-state index in [-0.39, 0.29) is 17.5 Å². The molecular formula is C14H26N4O. The second-order valence-corrected chi connectivity index (χ2v) is 6.11. The van der Waals surface area contributed by atoms with Crippen LogP contribution in [-0.4, -0.2) is 27.0 Å². The number of aryl methyl sites for hydroxylation is 1. The van der Waals surface area contributed by atoms with E-state index in [9.17, 15) is 4.79 Å². The van der Waals surface area contributed by atoms with Gasteiger partial charge in [0.15, 0.2) is 0 Å². The number of carbonyl (C=O) groups excluding carboxylic acids is 1. The number of hydrogen-bond donors (Lipinski definition) is 2. The molecular weight excluding hydrogens is 240 g/mol. The van der Waals surface area contributed by atoms with Gasteiger partial charge in [0, 0.05) is 36.9 Å². The Morgan fingerprint density at radius 3 is 2.68 bits per heavy atom. The van der Waals surface area contributed by atoms with Crippen molar-refractivity contribution in [1.82, 2.24) is 20.2 Å². The summed E-state index contributed by atoms with van der Waals surface area (Å²) in [5.41, 5.74) is 0.0613. The van der Waals surface area contributed by atoms with Gasteiger partial charge in [0.25, 0.3) is 0 Å². The molecule has 0 bridgehead atoms. The fourth-order valence-corrected chi connectivity index (χ4v) is 1.67. The Hall–Kier alpha value is -1.36. The smallest absolute Gasteiger partial charge is 0.221 e. The molecule has 1 heterocycles. The molecule has 5 heteroatoms. The SMILES string of the molecule is CC(C)NC(=O)CCn1ccnc1CNC(C)(C)C. The van der Waals surface area contributed by atoms with Gasteiger partial charge in [-0.3, -0.25) is 4.79 Å². The highest BCUT2D eigenvalue weighted by Crippen LogP contribution is 2.04. The van der Waals surface area contributed by atoms with Crippen LogP contribution in [0.1, 0.15) is 46.9 Å². The highest BCUT2D eigenvalue weighted by molar-refractivity contribution is 5.76. The molecule has 1 aromatic rings. The normalized spacial score (nSPS) is 11.9. The average molecular weight is 266 g/mol. The molecule has 2 N–H and O–H groups in total. The molecule has 0 saturated carbocycles. The molecule has 19 heavy (non-hydrogen) atoms. The molecule has 1 amide bonds. The van der Waals surface area contributed by atoms with Gasteiger partial charge in [-0.05, 0) is 34.6 Å². The predicted molar refractivity (Wildman–Crippen MR) is 76.7 cm³/mol. The zero-order chi connectivity index (χ0) is 14.5. The fourth-order valence-electron chi connectivity index (χ4n) is 1.67. The number of hydrogen-bond acceptors (Lipinski definition) is 3. The van der Waals surface area contributed by atoms with Crippen LogP contribution in [0.15, 0.2) is 12.4 Å². The van der Waals surface area contributed by atoms with Crippen LogP contribution < -0.4 is 10.6 Å². The third-order valence-electron chi connectivity index (χ3n) is 2.61. The maximum absolute atomic E-state index is 11.6. The van der Waals surface area contributed by atoms with Crippen molar-refractivity contribution in [1.29, 1.82) is 0 Å². The van der Waals surface area contributed by atoms with Gasteiger partial charge in [-0.25, -0.2) is 4.98 Å². The molecule has 1 aromatic heterocycles. The van der Waals surface area contributed by atoms with Crippen molar-refractivity contribution in [2.45, 2.75) is 65.7 Å². The fraction of sp³-hybridized carbons (Fsp3) is 0.714. The molecule has 0 radical (unpaired) electrons. The summed E-state index contributed by atoms with van der Waals surface area (Å²) in [5.74, 6) is 1.05. The van der Waals surface area contributed by atoms with E-state index in [1.165, 1.54) is 0 Å². The third-order valence-corrected chi connectivity index (χ3v) is 2.61. The summed E-state index contributed by atoms with van der Waals surface area (Å²) in [7, 11) is 0. The lowest BCUT2D eigenvalue weighted by Gasteiger charge is -2.20. The molecule has 5 nitrogen and oxygen atoms in total. The molecule has 0 fully saturated rings. The Labute approximate surface area is 115 Å². The molecule has 0 spiro atoms. The van der Waals surface area contributed by atoms with Gasteiger partial charge in [-0.2, -0.15) is 0 Å². The Morgan fingerprint density at radius 2 is 2.11 bits per heavy atom. The molecule has 0 aliphatic rings. The van der Waals surface area contributed by atoms with E-state index in [0.29, 0.717) is 19.5 Å². The summed E-state index contributed by atoms with van der Waals surface area (Å²) in [6.45, 7) is 11.7. The lowest BCUT2D eigenvalue weighted by Crippen LogP contribution is -2.36. The summed E-state index contributed by atoms with van der Waals surface area (Å²) < 4.78 is 2.03. The molecule has 0 atom stereocenters. The maximum Gasteiger partial charge on any atom is 0.221 e. The van der Waals surface area contributed by atoms with Crippen LogP contribution >= 0.6 is 0 Å². The van der Waals surface area contributed by atoms with Crippen molar-refractivity contribution >= 4 is 5.91 Å². The average Bonchev–Trinajstić information content (AvgIpc) is 2.69. The summed E-state index contributed by atoms with van der Waals surface area (Å²) >= 11 is 0. The van der Waals surface area contributed by atoms with Crippen LogP contribution in [0, 0.1) is 0 Å². The van der Waals surface area contributed by atoms with E-state index in [4.69, 9.17) is 0 Å². The zero-order valence-electron chi connectivity index (χ0n) is 12.7. The Bertz CT molecular complexity index is 404. The number of imidazole rings is 1. The number of amides is 1. The first kappa shape index (κ1) is 15.7. The van der Waals surface area contributed by atoms with Gasteiger partial charge in [0.05, 0.1) is 6.54 Å². The molecule has 0 aliphatic carbocycles. The summed E-state index contributed by atoms with van der Waals surface area (Å²) in [5, 5.41) is 6.29. The van der Waals surface area contributed by atoms with Crippen LogP contribution in [0.3, 0.4) is 0 Å². The van der Waals surface area contributed by atoms with E-state index in [2.05, 4.69) is 36.4 Å². The summed E-state index contributed by atoms with van der Waals surface area (Å²) in [6, 6.07) is 0.192. The van der Waals surface area contributed by atoms with Crippen LogP contribution in [0.5, 0.6) is 0 Å². The van der Waals surface area contributed by atoms with E-state index in [0.717, 1.165) is 5.82 Å². The monoisotopic (exact) mass is 266 g/mol. The van der Waals surface area contributed by atoms with Crippen LogP contribution in [0.4, 0.5) is 0 Å². The first-order chi connectivity index (χ1) is 8.78. The van der Waals surface area contributed by atoms with Crippen molar-refractivity contribution in [3.63, 3.8) is 0 Å². The number of rotatable bonds is 6. The van der Waals surface area contributed by atoms with Crippen LogP contribution in [-0.2, 0) is 17.9 Å².